The third-order valence-electron chi connectivity index (χ3n) is 3.12. The summed E-state index contributed by atoms with van der Waals surface area (Å²) < 4.78 is 2.04. The molecule has 3 aromatic rings. The molecule has 2 aromatic carbocycles. The van der Waals surface area contributed by atoms with E-state index < -0.39 is 0 Å². The lowest BCUT2D eigenvalue weighted by atomic mass is 10.2. The van der Waals surface area contributed by atoms with Crippen molar-refractivity contribution in [3.05, 3.63) is 69.5 Å². The van der Waals surface area contributed by atoms with Gasteiger partial charge in [-0.15, -0.1) is 0 Å². The van der Waals surface area contributed by atoms with E-state index >= 15 is 0 Å². The summed E-state index contributed by atoms with van der Waals surface area (Å²) in [6.07, 6.45) is 1.76. The molecular formula is C16H13ClN4S. The zero-order valence-corrected chi connectivity index (χ0v) is 13.4. The topological polar surface area (TPSA) is 46.0 Å². The van der Waals surface area contributed by atoms with Gasteiger partial charge in [-0.05, 0) is 49.0 Å². The third-order valence-corrected chi connectivity index (χ3v) is 3.63. The van der Waals surface area contributed by atoms with Crippen LogP contribution in [0.3, 0.4) is 0 Å². The first-order chi connectivity index (χ1) is 10.6. The fraction of sp³-hybridized carbons (Fsp3) is 0.0625. The molecule has 0 atom stereocenters. The number of H-pyrrole nitrogens is 1. The Labute approximate surface area is 138 Å². The summed E-state index contributed by atoms with van der Waals surface area (Å²) in [5, 5.41) is 12.1. The average molecular weight is 329 g/mol. The molecule has 1 heterocycles. The average Bonchev–Trinajstić information content (AvgIpc) is 2.87. The highest BCUT2D eigenvalue weighted by Gasteiger charge is 2.07. The van der Waals surface area contributed by atoms with Crippen molar-refractivity contribution in [2.75, 3.05) is 0 Å². The Morgan fingerprint density at radius 1 is 1.23 bits per heavy atom. The van der Waals surface area contributed by atoms with Gasteiger partial charge in [0.25, 0.3) is 0 Å². The van der Waals surface area contributed by atoms with Crippen LogP contribution in [0.4, 0.5) is 0 Å². The highest BCUT2D eigenvalue weighted by Crippen LogP contribution is 2.19. The highest BCUT2D eigenvalue weighted by molar-refractivity contribution is 7.71. The molecule has 0 aliphatic heterocycles. The minimum Gasteiger partial charge on any atom is -0.250 e. The number of halogens is 1. The number of benzene rings is 2. The maximum Gasteiger partial charge on any atom is 0.216 e. The predicted octanol–water partition coefficient (Wildman–Crippen LogP) is 4.45. The second-order valence-corrected chi connectivity index (χ2v) is 5.65. The van der Waals surface area contributed by atoms with E-state index in [0.717, 1.165) is 11.1 Å². The first-order valence-electron chi connectivity index (χ1n) is 6.68. The van der Waals surface area contributed by atoms with Gasteiger partial charge in [0.15, 0.2) is 5.82 Å². The lowest BCUT2D eigenvalue weighted by Crippen LogP contribution is -1.95. The summed E-state index contributed by atoms with van der Waals surface area (Å²) in [6, 6.07) is 15.5. The molecule has 0 unspecified atom stereocenters. The van der Waals surface area contributed by atoms with Gasteiger partial charge in [0.1, 0.15) is 0 Å². The van der Waals surface area contributed by atoms with E-state index in [4.69, 9.17) is 23.8 Å². The Balaban J connectivity index is 1.99. The van der Waals surface area contributed by atoms with E-state index in [-0.39, 0.29) is 0 Å². The molecular weight excluding hydrogens is 316 g/mol. The molecule has 6 heteroatoms. The maximum absolute atomic E-state index is 5.91. The zero-order valence-electron chi connectivity index (χ0n) is 11.8. The maximum atomic E-state index is 5.91. The fourth-order valence-electron chi connectivity index (χ4n) is 2.06. The van der Waals surface area contributed by atoms with Crippen molar-refractivity contribution >= 4 is 30.0 Å². The molecule has 0 aliphatic carbocycles. The van der Waals surface area contributed by atoms with E-state index in [0.29, 0.717) is 15.6 Å². The Morgan fingerprint density at radius 2 is 2.00 bits per heavy atom. The van der Waals surface area contributed by atoms with Gasteiger partial charge < -0.3 is 0 Å². The Hall–Kier alpha value is -2.24. The quantitative estimate of drug-likeness (QED) is 0.570. The highest BCUT2D eigenvalue weighted by atomic mass is 35.5. The van der Waals surface area contributed by atoms with Crippen molar-refractivity contribution < 1.29 is 0 Å². The molecule has 110 valence electrons. The number of hydrogen-bond donors (Lipinski definition) is 1. The summed E-state index contributed by atoms with van der Waals surface area (Å²) in [4.78, 5) is 0. The zero-order chi connectivity index (χ0) is 15.5. The second-order valence-electron chi connectivity index (χ2n) is 4.83. The number of aromatic amines is 1. The predicted molar refractivity (Wildman–Crippen MR) is 92.0 cm³/mol. The molecule has 3 rings (SSSR count). The van der Waals surface area contributed by atoms with Crippen molar-refractivity contribution in [3.8, 4) is 11.4 Å². The molecule has 0 bridgehead atoms. The van der Waals surface area contributed by atoms with Gasteiger partial charge in [-0.3, -0.25) is 0 Å². The van der Waals surface area contributed by atoms with Gasteiger partial charge in [0.2, 0.25) is 4.77 Å². The number of nitrogens with zero attached hydrogens (tertiary/aromatic N) is 3. The van der Waals surface area contributed by atoms with Crippen LogP contribution >= 0.6 is 23.8 Å². The van der Waals surface area contributed by atoms with Gasteiger partial charge in [-0.2, -0.15) is 14.9 Å². The van der Waals surface area contributed by atoms with Gasteiger partial charge in [0.05, 0.1) is 6.21 Å². The van der Waals surface area contributed by atoms with Crippen LogP contribution in [0.15, 0.2) is 53.6 Å². The van der Waals surface area contributed by atoms with Gasteiger partial charge in [0, 0.05) is 10.6 Å². The fourth-order valence-corrected chi connectivity index (χ4v) is 2.36. The minimum atomic E-state index is 0.439. The second kappa shape index (κ2) is 6.25. The van der Waals surface area contributed by atoms with Crippen LogP contribution in [0.25, 0.3) is 11.4 Å². The van der Waals surface area contributed by atoms with Crippen molar-refractivity contribution in [3.63, 3.8) is 0 Å². The van der Waals surface area contributed by atoms with Crippen molar-refractivity contribution in [1.29, 1.82) is 0 Å². The number of rotatable bonds is 3. The Kier molecular flexibility index (Phi) is 4.18. The van der Waals surface area contributed by atoms with Crippen LogP contribution in [0.2, 0.25) is 5.02 Å². The first-order valence-corrected chi connectivity index (χ1v) is 7.46. The van der Waals surface area contributed by atoms with Gasteiger partial charge in [-0.1, -0.05) is 41.4 Å². The molecule has 0 aliphatic rings. The number of aryl methyl sites for hydroxylation is 1. The van der Waals surface area contributed by atoms with Crippen molar-refractivity contribution in [2.24, 2.45) is 5.10 Å². The first kappa shape index (κ1) is 14.7. The molecule has 0 radical (unpaired) electrons. The summed E-state index contributed by atoms with van der Waals surface area (Å²) in [5.41, 5.74) is 3.07. The molecule has 1 N–H and O–H groups in total. The molecule has 0 saturated heterocycles. The third kappa shape index (κ3) is 3.16. The Morgan fingerprint density at radius 3 is 2.73 bits per heavy atom. The molecule has 4 nitrogen and oxygen atoms in total. The lowest BCUT2D eigenvalue weighted by Gasteiger charge is -2.01. The van der Waals surface area contributed by atoms with Crippen LogP contribution in [-0.4, -0.2) is 21.1 Å². The largest absolute Gasteiger partial charge is 0.250 e. The van der Waals surface area contributed by atoms with Crippen LogP contribution in [0.5, 0.6) is 0 Å². The van der Waals surface area contributed by atoms with E-state index in [9.17, 15) is 0 Å². The van der Waals surface area contributed by atoms with E-state index in [1.807, 2.05) is 49.4 Å². The molecule has 1 aromatic heterocycles. The summed E-state index contributed by atoms with van der Waals surface area (Å²) in [5.74, 6) is 0.644. The monoisotopic (exact) mass is 328 g/mol. The number of hydrogen-bond acceptors (Lipinski definition) is 3. The van der Waals surface area contributed by atoms with E-state index in [1.54, 1.807) is 10.9 Å². The van der Waals surface area contributed by atoms with Crippen LogP contribution in [-0.2, 0) is 0 Å². The standard InChI is InChI=1S/C16H13ClN4S/c1-11-3-2-4-12(9-11)10-18-21-15(19-20-16(21)22)13-5-7-14(17)8-6-13/h2-10H,1H3,(H,20,22). The van der Waals surface area contributed by atoms with Crippen molar-refractivity contribution in [2.45, 2.75) is 6.92 Å². The molecule has 0 fully saturated rings. The van der Waals surface area contributed by atoms with Gasteiger partial charge in [-0.25, -0.2) is 5.10 Å². The molecule has 0 amide bonds. The SMILES string of the molecule is Cc1cccc(C=Nn2c(-c3ccc(Cl)cc3)n[nH]c2=S)c1. The van der Waals surface area contributed by atoms with Crippen LogP contribution in [0.1, 0.15) is 11.1 Å². The Bertz CT molecular complexity index is 878. The van der Waals surface area contributed by atoms with Crippen LogP contribution in [0, 0.1) is 11.7 Å². The molecule has 22 heavy (non-hydrogen) atoms. The van der Waals surface area contributed by atoms with E-state index in [2.05, 4.69) is 21.4 Å². The lowest BCUT2D eigenvalue weighted by molar-refractivity contribution is 0.871. The molecule has 0 spiro atoms. The number of nitrogens with one attached hydrogen (secondary N) is 1. The summed E-state index contributed by atoms with van der Waals surface area (Å²) in [6.45, 7) is 2.04. The normalized spacial score (nSPS) is 11.2. The summed E-state index contributed by atoms with van der Waals surface area (Å²) in [7, 11) is 0. The smallest absolute Gasteiger partial charge is 0.216 e. The number of aromatic nitrogens is 3. The van der Waals surface area contributed by atoms with E-state index in [1.165, 1.54) is 5.56 Å². The van der Waals surface area contributed by atoms with Crippen LogP contribution < -0.4 is 0 Å². The van der Waals surface area contributed by atoms with Crippen molar-refractivity contribution in [1.82, 2.24) is 14.9 Å². The molecule has 0 saturated carbocycles. The summed E-state index contributed by atoms with van der Waals surface area (Å²) >= 11 is 11.2. The minimum absolute atomic E-state index is 0.439. The van der Waals surface area contributed by atoms with Gasteiger partial charge >= 0.3 is 0 Å².